The molecule has 0 amide bonds. The molecule has 0 aromatic carbocycles. The van der Waals surface area contributed by atoms with Gasteiger partial charge >= 0.3 is 0 Å². The van der Waals surface area contributed by atoms with E-state index >= 15 is 0 Å². The van der Waals surface area contributed by atoms with Crippen LogP contribution in [-0.2, 0) is 10.0 Å². The second-order valence-electron chi connectivity index (χ2n) is 4.76. The first-order valence-corrected chi connectivity index (χ1v) is 7.37. The van der Waals surface area contributed by atoms with Crippen LogP contribution in [-0.4, -0.2) is 53.5 Å². The molecule has 2 fully saturated rings. The fourth-order valence-electron chi connectivity index (χ4n) is 2.52. The topological polar surface area (TPSA) is 77.8 Å². The summed E-state index contributed by atoms with van der Waals surface area (Å²) in [5, 5.41) is 18.4. The standard InChI is InChI=1S/C10H19NO4S/c12-9-6-11(7-10(9)13)16(14,15)8-4-2-1-3-5-8/h8-10,12-13H,1-7H2/t9-,10+. The molecule has 2 rings (SSSR count). The van der Waals surface area contributed by atoms with Crippen LogP contribution in [0.2, 0.25) is 0 Å². The molecule has 0 aromatic rings. The number of sulfonamides is 1. The number of rotatable bonds is 2. The summed E-state index contributed by atoms with van der Waals surface area (Å²) in [5.41, 5.74) is 0. The van der Waals surface area contributed by atoms with Gasteiger partial charge in [0.15, 0.2) is 0 Å². The van der Waals surface area contributed by atoms with Gasteiger partial charge in [0.1, 0.15) is 0 Å². The van der Waals surface area contributed by atoms with Crippen molar-refractivity contribution in [2.75, 3.05) is 13.1 Å². The van der Waals surface area contributed by atoms with Crippen molar-refractivity contribution in [2.45, 2.75) is 49.6 Å². The SMILES string of the molecule is O=S(=O)(C1CCCCC1)N1C[C@@H](O)[C@@H](O)C1. The first-order valence-electron chi connectivity index (χ1n) is 5.87. The van der Waals surface area contributed by atoms with Gasteiger partial charge in [-0.25, -0.2) is 8.42 Å². The summed E-state index contributed by atoms with van der Waals surface area (Å²) in [6.45, 7) is 0.0833. The second-order valence-corrected chi connectivity index (χ2v) is 6.97. The van der Waals surface area contributed by atoms with Gasteiger partial charge in [-0.3, -0.25) is 0 Å². The summed E-state index contributed by atoms with van der Waals surface area (Å²) in [5.74, 6) is 0. The lowest BCUT2D eigenvalue weighted by molar-refractivity contribution is 0.0572. The van der Waals surface area contributed by atoms with E-state index in [2.05, 4.69) is 0 Å². The molecule has 0 spiro atoms. The van der Waals surface area contributed by atoms with Crippen LogP contribution in [0, 0.1) is 0 Å². The Hall–Kier alpha value is -0.170. The van der Waals surface area contributed by atoms with Gasteiger partial charge in [0.2, 0.25) is 10.0 Å². The zero-order valence-corrected chi connectivity index (χ0v) is 10.1. The highest BCUT2D eigenvalue weighted by atomic mass is 32.2. The van der Waals surface area contributed by atoms with E-state index in [4.69, 9.17) is 0 Å². The van der Waals surface area contributed by atoms with Crippen molar-refractivity contribution >= 4 is 10.0 Å². The largest absolute Gasteiger partial charge is 0.389 e. The van der Waals surface area contributed by atoms with E-state index in [-0.39, 0.29) is 18.3 Å². The number of hydrogen-bond donors (Lipinski definition) is 2. The van der Waals surface area contributed by atoms with Crippen molar-refractivity contribution in [2.24, 2.45) is 0 Å². The summed E-state index contributed by atoms with van der Waals surface area (Å²) in [4.78, 5) is 0. The fraction of sp³-hybridized carbons (Fsp3) is 1.00. The van der Waals surface area contributed by atoms with Crippen molar-refractivity contribution in [1.29, 1.82) is 0 Å². The molecule has 2 atom stereocenters. The highest BCUT2D eigenvalue weighted by molar-refractivity contribution is 7.89. The van der Waals surface area contributed by atoms with Gasteiger partial charge in [0.05, 0.1) is 17.5 Å². The number of hydrogen-bond acceptors (Lipinski definition) is 4. The first-order chi connectivity index (χ1) is 7.51. The van der Waals surface area contributed by atoms with E-state index in [1.807, 2.05) is 0 Å². The smallest absolute Gasteiger partial charge is 0.217 e. The number of aliphatic hydroxyl groups is 2. The zero-order valence-electron chi connectivity index (χ0n) is 9.25. The van der Waals surface area contributed by atoms with Gasteiger partial charge in [0.25, 0.3) is 0 Å². The number of aliphatic hydroxyl groups excluding tert-OH is 2. The molecule has 2 aliphatic rings. The highest BCUT2D eigenvalue weighted by Crippen LogP contribution is 2.28. The molecule has 0 unspecified atom stereocenters. The molecular weight excluding hydrogens is 230 g/mol. The van der Waals surface area contributed by atoms with Crippen molar-refractivity contribution in [3.63, 3.8) is 0 Å². The van der Waals surface area contributed by atoms with Crippen LogP contribution in [0.25, 0.3) is 0 Å². The van der Waals surface area contributed by atoms with Crippen LogP contribution in [0.5, 0.6) is 0 Å². The molecule has 0 aromatic heterocycles. The predicted molar refractivity (Wildman–Crippen MR) is 59.4 cm³/mol. The molecule has 1 heterocycles. The maximum Gasteiger partial charge on any atom is 0.217 e. The van der Waals surface area contributed by atoms with E-state index in [0.717, 1.165) is 19.3 Å². The normalized spacial score (nSPS) is 34.4. The zero-order chi connectivity index (χ0) is 11.8. The summed E-state index contributed by atoms with van der Waals surface area (Å²) >= 11 is 0. The van der Waals surface area contributed by atoms with Crippen LogP contribution in [0.15, 0.2) is 0 Å². The molecule has 0 bridgehead atoms. The van der Waals surface area contributed by atoms with E-state index in [0.29, 0.717) is 12.8 Å². The summed E-state index contributed by atoms with van der Waals surface area (Å²) in [6, 6.07) is 0. The van der Waals surface area contributed by atoms with E-state index in [1.54, 1.807) is 0 Å². The quantitative estimate of drug-likeness (QED) is 0.703. The second kappa shape index (κ2) is 4.60. The van der Waals surface area contributed by atoms with Gasteiger partial charge in [-0.2, -0.15) is 4.31 Å². The van der Waals surface area contributed by atoms with Crippen LogP contribution in [0.3, 0.4) is 0 Å². The van der Waals surface area contributed by atoms with Crippen molar-refractivity contribution < 1.29 is 18.6 Å². The third-order valence-electron chi connectivity index (χ3n) is 3.56. The Balaban J connectivity index is 2.07. The Morgan fingerprint density at radius 3 is 1.94 bits per heavy atom. The summed E-state index contributed by atoms with van der Waals surface area (Å²) in [7, 11) is -3.31. The van der Waals surface area contributed by atoms with Crippen LogP contribution in [0.1, 0.15) is 32.1 Å². The molecule has 6 heteroatoms. The lowest BCUT2D eigenvalue weighted by Crippen LogP contribution is -2.39. The number of β-amino-alcohol motifs (C(OH)–C–C–N with tert-alkyl or cyclic N) is 2. The lowest BCUT2D eigenvalue weighted by Gasteiger charge is -2.26. The third kappa shape index (κ3) is 2.25. The van der Waals surface area contributed by atoms with Gasteiger partial charge in [-0.05, 0) is 12.8 Å². The van der Waals surface area contributed by atoms with Gasteiger partial charge < -0.3 is 10.2 Å². The Bertz CT molecular complexity index is 327. The molecule has 0 radical (unpaired) electrons. The predicted octanol–water partition coefficient (Wildman–Crippen LogP) is -0.314. The van der Waals surface area contributed by atoms with Gasteiger partial charge in [0, 0.05) is 13.1 Å². The average molecular weight is 249 g/mol. The Morgan fingerprint density at radius 2 is 1.44 bits per heavy atom. The van der Waals surface area contributed by atoms with Crippen LogP contribution < -0.4 is 0 Å². The molecule has 1 aliphatic carbocycles. The average Bonchev–Trinajstić information content (AvgIpc) is 2.61. The van der Waals surface area contributed by atoms with Crippen molar-refractivity contribution in [3.05, 3.63) is 0 Å². The minimum atomic E-state index is -3.31. The highest BCUT2D eigenvalue weighted by Gasteiger charge is 2.40. The van der Waals surface area contributed by atoms with E-state index in [1.165, 1.54) is 4.31 Å². The molecular formula is C10H19NO4S. The molecule has 94 valence electrons. The maximum atomic E-state index is 12.2. The van der Waals surface area contributed by atoms with Gasteiger partial charge in [-0.1, -0.05) is 19.3 Å². The van der Waals surface area contributed by atoms with Gasteiger partial charge in [-0.15, -0.1) is 0 Å². The van der Waals surface area contributed by atoms with Crippen LogP contribution in [0.4, 0.5) is 0 Å². The fourth-order valence-corrected chi connectivity index (χ4v) is 4.59. The molecule has 5 nitrogen and oxygen atoms in total. The Morgan fingerprint density at radius 1 is 0.938 bits per heavy atom. The molecule has 1 saturated carbocycles. The first kappa shape index (κ1) is 12.3. The number of nitrogens with zero attached hydrogens (tertiary/aromatic N) is 1. The Kier molecular flexibility index (Phi) is 3.53. The van der Waals surface area contributed by atoms with Crippen molar-refractivity contribution in [3.8, 4) is 0 Å². The monoisotopic (exact) mass is 249 g/mol. The summed E-state index contributed by atoms with van der Waals surface area (Å²) < 4.78 is 25.6. The van der Waals surface area contributed by atoms with E-state index < -0.39 is 22.2 Å². The minimum absolute atomic E-state index is 0.0417. The van der Waals surface area contributed by atoms with Crippen LogP contribution >= 0.6 is 0 Å². The Labute approximate surface area is 96.1 Å². The lowest BCUT2D eigenvalue weighted by atomic mass is 10.0. The molecule has 16 heavy (non-hydrogen) atoms. The molecule has 1 saturated heterocycles. The third-order valence-corrected chi connectivity index (χ3v) is 5.89. The molecule has 1 aliphatic heterocycles. The van der Waals surface area contributed by atoms with E-state index in [9.17, 15) is 18.6 Å². The minimum Gasteiger partial charge on any atom is -0.389 e. The molecule has 2 N–H and O–H groups in total. The van der Waals surface area contributed by atoms with Crippen molar-refractivity contribution in [1.82, 2.24) is 4.31 Å². The maximum absolute atomic E-state index is 12.2. The summed E-state index contributed by atoms with van der Waals surface area (Å²) in [6.07, 6.45) is 2.59.